The van der Waals surface area contributed by atoms with Crippen molar-refractivity contribution < 1.29 is 38.7 Å². The third kappa shape index (κ3) is 6.36. The molecule has 0 aliphatic heterocycles. The fourth-order valence-electron chi connectivity index (χ4n) is 1.94. The molecule has 0 spiro atoms. The van der Waals surface area contributed by atoms with Crippen LogP contribution in [0.15, 0.2) is 18.2 Å². The predicted molar refractivity (Wildman–Crippen MR) is 76.1 cm³/mol. The molecule has 0 aliphatic carbocycles. The minimum absolute atomic E-state index is 0. The van der Waals surface area contributed by atoms with Crippen LogP contribution in [0.2, 0.25) is 0 Å². The van der Waals surface area contributed by atoms with E-state index in [9.17, 15) is 0 Å². The second-order valence-electron chi connectivity index (χ2n) is 6.39. The van der Waals surface area contributed by atoms with Crippen LogP contribution >= 0.6 is 0 Å². The van der Waals surface area contributed by atoms with E-state index in [1.807, 2.05) is 0 Å². The van der Waals surface area contributed by atoms with Gasteiger partial charge in [0.25, 0.3) is 0 Å². The van der Waals surface area contributed by atoms with Gasteiger partial charge in [-0.25, -0.2) is 0 Å². The maximum absolute atomic E-state index is 5.63. The molecule has 0 fully saturated rings. The summed E-state index contributed by atoms with van der Waals surface area (Å²) < 4.78 is 5.63. The molecule has 0 radical (unpaired) electrons. The normalized spacial score (nSPS) is 10.7. The summed E-state index contributed by atoms with van der Waals surface area (Å²) >= 11 is 0. The molecule has 0 unspecified atom stereocenters. The van der Waals surface area contributed by atoms with Crippen LogP contribution in [0.5, 0.6) is 5.75 Å². The maximum Gasteiger partial charge on any atom is 2.00 e. The van der Waals surface area contributed by atoms with Gasteiger partial charge in [-0.05, 0) is 22.0 Å². The first-order valence-electron chi connectivity index (χ1n) is 5.86. The van der Waals surface area contributed by atoms with Gasteiger partial charge in [-0.2, -0.15) is 0 Å². The predicted octanol–water partition coefficient (Wildman–Crippen LogP) is -2.08. The minimum atomic E-state index is 0. The summed E-state index contributed by atoms with van der Waals surface area (Å²) in [7, 11) is 1.76. The quantitative estimate of drug-likeness (QED) is 0.489. The Balaban J connectivity index is -0.000000853. The van der Waals surface area contributed by atoms with Gasteiger partial charge in [-0.3, -0.25) is 0 Å². The Morgan fingerprint density at radius 1 is 0.789 bits per heavy atom. The van der Waals surface area contributed by atoms with E-state index < -0.39 is 0 Å². The molecule has 1 aromatic rings. The molecule has 4 heteroatoms. The first-order valence-corrected chi connectivity index (χ1v) is 5.86. The average molecular weight is 404 g/mol. The van der Waals surface area contributed by atoms with E-state index in [0.29, 0.717) is 0 Å². The summed E-state index contributed by atoms with van der Waals surface area (Å²) in [5, 5.41) is 0. The summed E-state index contributed by atoms with van der Waals surface area (Å²) in [6, 6.07) is 6.45. The van der Waals surface area contributed by atoms with E-state index >= 15 is 0 Å². The number of hydrogen-bond donors (Lipinski definition) is 0. The van der Waals surface area contributed by atoms with E-state index in [-0.39, 0.29) is 67.8 Å². The van der Waals surface area contributed by atoms with Crippen molar-refractivity contribution in [2.45, 2.75) is 52.4 Å². The zero-order chi connectivity index (χ0) is 12.6. The minimum Gasteiger partial charge on any atom is -1.00 e. The van der Waals surface area contributed by atoms with Crippen molar-refractivity contribution in [2.24, 2.45) is 0 Å². The van der Waals surface area contributed by atoms with Crippen molar-refractivity contribution in [3.05, 3.63) is 29.3 Å². The summed E-state index contributed by atoms with van der Waals surface area (Å²) in [6.45, 7) is 13.3. The van der Waals surface area contributed by atoms with Crippen LogP contribution in [0.1, 0.15) is 52.7 Å². The molecule has 0 aliphatic rings. The van der Waals surface area contributed by atoms with Crippen molar-refractivity contribution >= 4 is 23.1 Å². The van der Waals surface area contributed by atoms with Crippen LogP contribution < -0.4 is 38.7 Å². The molecule has 0 bridgehead atoms. The van der Waals surface area contributed by atoms with E-state index in [1.54, 1.807) is 7.11 Å². The summed E-state index contributed by atoms with van der Waals surface area (Å²) in [6.07, 6.45) is 0. The van der Waals surface area contributed by atoms with Crippen LogP contribution in [0.3, 0.4) is 0 Å². The topological polar surface area (TPSA) is 9.23 Å². The van der Waals surface area contributed by atoms with Gasteiger partial charge in [-0.15, -0.1) is 0 Å². The van der Waals surface area contributed by atoms with Gasteiger partial charge in [0.05, 0.1) is 7.11 Å². The van der Waals surface area contributed by atoms with E-state index in [4.69, 9.17) is 4.74 Å². The largest absolute Gasteiger partial charge is 2.00 e. The number of benzene rings is 1. The molecule has 0 saturated carbocycles. The van der Waals surface area contributed by atoms with Crippen molar-refractivity contribution in [2.75, 3.05) is 7.11 Å². The van der Waals surface area contributed by atoms with E-state index in [1.165, 1.54) is 11.1 Å². The fraction of sp³-hybridized carbons (Fsp3) is 0.600. The van der Waals surface area contributed by atoms with Crippen molar-refractivity contribution in [3.63, 3.8) is 0 Å². The van der Waals surface area contributed by atoms with Gasteiger partial charge in [0, 0.05) is 0 Å². The van der Waals surface area contributed by atoms with Crippen LogP contribution in [0, 0.1) is 0 Å². The van der Waals surface area contributed by atoms with Crippen LogP contribution in [0.25, 0.3) is 0 Å². The van der Waals surface area contributed by atoms with Crippen molar-refractivity contribution in [1.82, 2.24) is 0 Å². The number of halogens is 2. The molecule has 0 heterocycles. The Bertz CT molecular complexity index is 346. The van der Waals surface area contributed by atoms with Gasteiger partial charge < -0.3 is 38.7 Å². The molecule has 0 atom stereocenters. The second-order valence-corrected chi connectivity index (χ2v) is 6.39. The fourth-order valence-corrected chi connectivity index (χ4v) is 1.94. The SMILES string of the molecule is COc1c(C(C)(C)C)cccc1C(C)(C)C.[Br-].[Br-].[Mg+2]. The molecule has 0 aromatic heterocycles. The van der Waals surface area contributed by atoms with Gasteiger partial charge in [-0.1, -0.05) is 59.7 Å². The van der Waals surface area contributed by atoms with Crippen molar-refractivity contribution in [3.8, 4) is 5.75 Å². The van der Waals surface area contributed by atoms with Gasteiger partial charge >= 0.3 is 23.1 Å². The Labute approximate surface area is 155 Å². The molecule has 0 saturated heterocycles. The molecule has 19 heavy (non-hydrogen) atoms. The van der Waals surface area contributed by atoms with Crippen LogP contribution in [0.4, 0.5) is 0 Å². The summed E-state index contributed by atoms with van der Waals surface area (Å²) in [4.78, 5) is 0. The van der Waals surface area contributed by atoms with Gasteiger partial charge in [0.2, 0.25) is 0 Å². The number of para-hydroxylation sites is 1. The summed E-state index contributed by atoms with van der Waals surface area (Å²) in [5.41, 5.74) is 2.80. The zero-order valence-electron chi connectivity index (χ0n) is 13.1. The Morgan fingerprint density at radius 3 is 1.32 bits per heavy atom. The Kier molecular flexibility index (Phi) is 11.6. The molecule has 0 amide bonds. The smallest absolute Gasteiger partial charge is 1.00 e. The molecular weight excluding hydrogens is 380 g/mol. The third-order valence-electron chi connectivity index (χ3n) is 2.84. The Morgan fingerprint density at radius 2 is 1.11 bits per heavy atom. The first-order chi connectivity index (χ1) is 7.18. The molecule has 106 valence electrons. The third-order valence-corrected chi connectivity index (χ3v) is 2.84. The van der Waals surface area contributed by atoms with E-state index in [0.717, 1.165) is 5.75 Å². The van der Waals surface area contributed by atoms with Gasteiger partial charge in [0.15, 0.2) is 0 Å². The maximum atomic E-state index is 5.63. The molecule has 0 N–H and O–H groups in total. The number of ether oxygens (including phenoxy) is 1. The number of hydrogen-bond acceptors (Lipinski definition) is 1. The Hall–Kier alpha value is 0.746. The first kappa shape index (κ1) is 24.7. The molecule has 1 nitrogen and oxygen atoms in total. The van der Waals surface area contributed by atoms with Crippen molar-refractivity contribution in [1.29, 1.82) is 0 Å². The number of rotatable bonds is 1. The monoisotopic (exact) mass is 402 g/mol. The second kappa shape index (κ2) is 8.91. The van der Waals surface area contributed by atoms with Crippen LogP contribution in [-0.2, 0) is 10.8 Å². The average Bonchev–Trinajstić information content (AvgIpc) is 2.13. The molecule has 1 rings (SSSR count). The number of methoxy groups -OCH3 is 1. The summed E-state index contributed by atoms with van der Waals surface area (Å²) in [5.74, 6) is 1.04. The van der Waals surface area contributed by atoms with Crippen LogP contribution in [-0.4, -0.2) is 30.2 Å². The molecular formula is C15H24Br2MgO. The molecule has 1 aromatic carbocycles. The standard InChI is InChI=1S/C15H24O.2BrH.Mg/c1-14(2,3)11-9-8-10-12(13(11)16-7)15(4,5)6;;;/h8-10H,1-7H3;2*1H;/q;;;+2/p-2. The van der Waals surface area contributed by atoms with Gasteiger partial charge in [0.1, 0.15) is 5.75 Å². The van der Waals surface area contributed by atoms with E-state index in [2.05, 4.69) is 59.7 Å². The zero-order valence-corrected chi connectivity index (χ0v) is 17.7.